The molecule has 2 heterocycles. The molecule has 172 valence electrons. The van der Waals surface area contributed by atoms with E-state index in [4.69, 9.17) is 14.2 Å². The van der Waals surface area contributed by atoms with E-state index in [0.29, 0.717) is 25.2 Å². The summed E-state index contributed by atoms with van der Waals surface area (Å²) in [4.78, 5) is 38.0. The summed E-state index contributed by atoms with van der Waals surface area (Å²) in [5.41, 5.74) is -2.09. The maximum absolute atomic E-state index is 13.9. The quantitative estimate of drug-likeness (QED) is 0.674. The number of rotatable bonds is 6. The van der Waals surface area contributed by atoms with Crippen molar-refractivity contribution in [2.45, 2.75) is 32.0 Å². The van der Waals surface area contributed by atoms with Gasteiger partial charge in [-0.05, 0) is 13.3 Å². The number of methoxy groups -OCH3 is 2. The Morgan fingerprint density at radius 2 is 1.88 bits per heavy atom. The molecule has 32 heavy (non-hydrogen) atoms. The Bertz CT molecular complexity index is 1090. The lowest BCUT2D eigenvalue weighted by Crippen LogP contribution is -2.34. The molecule has 2 atom stereocenters. The van der Waals surface area contributed by atoms with E-state index in [1.807, 2.05) is 0 Å². The van der Waals surface area contributed by atoms with Crippen LogP contribution in [0.25, 0.3) is 0 Å². The maximum atomic E-state index is 13.9. The minimum absolute atomic E-state index is 0.186. The Labute approximate surface area is 180 Å². The topological polar surface area (TPSA) is 95.9 Å². The molecule has 3 rings (SSSR count). The summed E-state index contributed by atoms with van der Waals surface area (Å²) in [5, 5.41) is 2.24. The van der Waals surface area contributed by atoms with Gasteiger partial charge in [-0.1, -0.05) is 0 Å². The van der Waals surface area contributed by atoms with Crippen molar-refractivity contribution < 1.29 is 37.0 Å². The van der Waals surface area contributed by atoms with Gasteiger partial charge in [0.1, 0.15) is 23.0 Å². The van der Waals surface area contributed by atoms with Crippen molar-refractivity contribution in [3.8, 4) is 5.75 Å². The highest BCUT2D eigenvalue weighted by Crippen LogP contribution is 2.30. The van der Waals surface area contributed by atoms with Crippen molar-refractivity contribution in [1.29, 1.82) is 0 Å². The second kappa shape index (κ2) is 9.43. The largest absolute Gasteiger partial charge is 0.491 e. The first-order valence-electron chi connectivity index (χ1n) is 9.64. The van der Waals surface area contributed by atoms with Crippen LogP contribution >= 0.6 is 0 Å². The molecule has 1 aliphatic heterocycles. The molecular formula is C21H21F3N2O6. The zero-order valence-electron chi connectivity index (χ0n) is 17.5. The van der Waals surface area contributed by atoms with Gasteiger partial charge in [-0.25, -0.2) is 18.0 Å². The molecule has 2 aromatic rings. The number of amides is 1. The third-order valence-corrected chi connectivity index (χ3v) is 5.24. The fraction of sp³-hybridized carbons (Fsp3) is 0.381. The number of hydrogen-bond donors (Lipinski definition) is 1. The number of esters is 1. The Hall–Kier alpha value is -3.34. The minimum Gasteiger partial charge on any atom is -0.491 e. The van der Waals surface area contributed by atoms with Crippen molar-refractivity contribution >= 4 is 11.9 Å². The summed E-state index contributed by atoms with van der Waals surface area (Å²) in [6.45, 7) is 1.52. The number of halogens is 3. The SMILES string of the molecule is COC(=O)c1c(OC)c(=O)c(C(=O)NCc2c(F)cc(F)cc2F)cn1[C@@H]1CCOC1C. The van der Waals surface area contributed by atoms with Crippen molar-refractivity contribution in [2.75, 3.05) is 20.8 Å². The van der Waals surface area contributed by atoms with Crippen molar-refractivity contribution in [3.05, 3.63) is 62.8 Å². The van der Waals surface area contributed by atoms with E-state index >= 15 is 0 Å². The predicted molar refractivity (Wildman–Crippen MR) is 105 cm³/mol. The van der Waals surface area contributed by atoms with Crippen molar-refractivity contribution in [3.63, 3.8) is 0 Å². The van der Waals surface area contributed by atoms with Crippen LogP contribution in [0.5, 0.6) is 5.75 Å². The van der Waals surface area contributed by atoms with Crippen LogP contribution in [-0.4, -0.2) is 43.4 Å². The van der Waals surface area contributed by atoms with Gasteiger partial charge in [0.25, 0.3) is 5.91 Å². The summed E-state index contributed by atoms with van der Waals surface area (Å²) < 4.78 is 57.6. The number of aromatic nitrogens is 1. The van der Waals surface area contributed by atoms with E-state index < -0.39 is 64.2 Å². The zero-order valence-corrected chi connectivity index (χ0v) is 17.5. The predicted octanol–water partition coefficient (Wildman–Crippen LogP) is 2.34. The molecule has 1 amide bonds. The Morgan fingerprint density at radius 1 is 1.22 bits per heavy atom. The third kappa shape index (κ3) is 4.33. The van der Waals surface area contributed by atoms with E-state index in [1.54, 1.807) is 6.92 Å². The molecular weight excluding hydrogens is 433 g/mol. The molecule has 1 aromatic heterocycles. The van der Waals surface area contributed by atoms with Crippen LogP contribution in [0.1, 0.15) is 45.8 Å². The lowest BCUT2D eigenvalue weighted by Gasteiger charge is -2.23. The first kappa shape index (κ1) is 23.3. The second-order valence-corrected chi connectivity index (χ2v) is 7.12. The standard InChI is InChI=1S/C21H21F3N2O6/c1-10-16(4-5-32-10)26-9-13(18(27)19(30-2)17(26)21(29)31-3)20(28)25-8-12-14(23)6-11(22)7-15(12)24/h6-7,9-10,16H,4-5,8H2,1-3H3,(H,25,28)/t10?,16-/m1/s1. The Morgan fingerprint density at radius 3 is 2.41 bits per heavy atom. The van der Waals surface area contributed by atoms with E-state index in [1.165, 1.54) is 10.8 Å². The lowest BCUT2D eigenvalue weighted by atomic mass is 10.1. The van der Waals surface area contributed by atoms with E-state index in [-0.39, 0.29) is 11.8 Å². The number of benzene rings is 1. The number of ether oxygens (including phenoxy) is 3. The number of carbonyl (C=O) groups excluding carboxylic acids is 2. The highest BCUT2D eigenvalue weighted by atomic mass is 19.1. The van der Waals surface area contributed by atoms with Crippen LogP contribution in [0.4, 0.5) is 13.2 Å². The van der Waals surface area contributed by atoms with Crippen molar-refractivity contribution in [2.24, 2.45) is 0 Å². The normalized spacial score (nSPS) is 17.8. The highest BCUT2D eigenvalue weighted by molar-refractivity contribution is 5.96. The van der Waals surface area contributed by atoms with E-state index in [0.717, 1.165) is 14.2 Å². The van der Waals surface area contributed by atoms with Gasteiger partial charge in [-0.15, -0.1) is 0 Å². The number of pyridine rings is 1. The van der Waals surface area contributed by atoms with E-state index in [9.17, 15) is 27.6 Å². The first-order chi connectivity index (χ1) is 15.2. The van der Waals surface area contributed by atoms with Gasteiger partial charge in [-0.2, -0.15) is 0 Å². The van der Waals surface area contributed by atoms with Gasteiger partial charge in [0.05, 0.1) is 26.4 Å². The molecule has 1 N–H and O–H groups in total. The second-order valence-electron chi connectivity index (χ2n) is 7.12. The molecule has 1 saturated heterocycles. The third-order valence-electron chi connectivity index (χ3n) is 5.24. The molecule has 8 nitrogen and oxygen atoms in total. The fourth-order valence-electron chi connectivity index (χ4n) is 3.61. The Balaban J connectivity index is 2.03. The minimum atomic E-state index is -1.18. The molecule has 1 unspecified atom stereocenters. The summed E-state index contributed by atoms with van der Waals surface area (Å²) in [6, 6.07) is 0.553. The molecule has 11 heteroatoms. The van der Waals surface area contributed by atoms with Crippen LogP contribution < -0.4 is 15.5 Å². The van der Waals surface area contributed by atoms with Gasteiger partial charge in [0, 0.05) is 37.0 Å². The number of carbonyl (C=O) groups is 2. The van der Waals surface area contributed by atoms with Crippen LogP contribution in [0.2, 0.25) is 0 Å². The summed E-state index contributed by atoms with van der Waals surface area (Å²) in [6.07, 6.45) is 1.31. The van der Waals surface area contributed by atoms with Gasteiger partial charge in [0.15, 0.2) is 11.4 Å². The number of nitrogens with zero attached hydrogens (tertiary/aromatic N) is 1. The lowest BCUT2D eigenvalue weighted by molar-refractivity contribution is 0.0571. The van der Waals surface area contributed by atoms with Gasteiger partial charge >= 0.3 is 5.97 Å². The molecule has 0 bridgehead atoms. The van der Waals surface area contributed by atoms with Crippen LogP contribution in [0, 0.1) is 17.5 Å². The molecule has 1 aromatic carbocycles. The molecule has 1 aliphatic rings. The molecule has 0 radical (unpaired) electrons. The summed E-state index contributed by atoms with van der Waals surface area (Å²) in [7, 11) is 2.30. The molecule has 0 saturated carbocycles. The average Bonchev–Trinajstić information content (AvgIpc) is 3.17. The van der Waals surface area contributed by atoms with Crippen LogP contribution in [0.15, 0.2) is 23.1 Å². The molecule has 1 fully saturated rings. The summed E-state index contributed by atoms with van der Waals surface area (Å²) >= 11 is 0. The van der Waals surface area contributed by atoms with Gasteiger partial charge < -0.3 is 24.1 Å². The van der Waals surface area contributed by atoms with Gasteiger partial charge in [0.2, 0.25) is 5.43 Å². The smallest absolute Gasteiger partial charge is 0.358 e. The first-order valence-corrected chi connectivity index (χ1v) is 9.64. The monoisotopic (exact) mass is 454 g/mol. The van der Waals surface area contributed by atoms with Crippen LogP contribution in [-0.2, 0) is 16.0 Å². The summed E-state index contributed by atoms with van der Waals surface area (Å²) in [5.74, 6) is -5.70. The maximum Gasteiger partial charge on any atom is 0.358 e. The Kier molecular flexibility index (Phi) is 6.87. The van der Waals surface area contributed by atoms with Crippen LogP contribution in [0.3, 0.4) is 0 Å². The number of hydrogen-bond acceptors (Lipinski definition) is 6. The number of nitrogens with one attached hydrogen (secondary N) is 1. The van der Waals surface area contributed by atoms with E-state index in [2.05, 4.69) is 5.32 Å². The van der Waals surface area contributed by atoms with Crippen molar-refractivity contribution in [1.82, 2.24) is 9.88 Å². The molecule has 0 aliphatic carbocycles. The molecule has 0 spiro atoms. The fourth-order valence-corrected chi connectivity index (χ4v) is 3.61. The zero-order chi connectivity index (χ0) is 23.6. The van der Waals surface area contributed by atoms with Gasteiger partial charge in [-0.3, -0.25) is 9.59 Å². The average molecular weight is 454 g/mol. The highest BCUT2D eigenvalue weighted by Gasteiger charge is 2.33.